The van der Waals surface area contributed by atoms with Gasteiger partial charge in [-0.15, -0.1) is 11.3 Å². The molecule has 86 valence electrons. The fraction of sp³-hybridized carbons (Fsp3) is 0.364. The number of imidazole rings is 1. The maximum Gasteiger partial charge on any atom is 0.0945 e. The van der Waals surface area contributed by atoms with Crippen molar-refractivity contribution >= 4 is 27.3 Å². The molecular formula is C11H14BrN3S. The number of aromatic nitrogens is 2. The van der Waals surface area contributed by atoms with E-state index in [2.05, 4.69) is 42.2 Å². The molecule has 0 aliphatic carbocycles. The Bertz CT molecular complexity index is 411. The summed E-state index contributed by atoms with van der Waals surface area (Å²) in [6.07, 6.45) is 6.80. The van der Waals surface area contributed by atoms with Crippen molar-refractivity contribution in [1.82, 2.24) is 14.9 Å². The molecule has 5 heteroatoms. The fourth-order valence-corrected chi connectivity index (χ4v) is 2.88. The number of hydrogen-bond acceptors (Lipinski definition) is 3. The average Bonchev–Trinajstić information content (AvgIpc) is 2.89. The van der Waals surface area contributed by atoms with Crippen LogP contribution in [0.4, 0.5) is 0 Å². The zero-order valence-electron chi connectivity index (χ0n) is 8.90. The van der Waals surface area contributed by atoms with Crippen LogP contribution in [0.15, 0.2) is 34.6 Å². The first-order valence-electron chi connectivity index (χ1n) is 5.24. The zero-order chi connectivity index (χ0) is 11.2. The molecule has 16 heavy (non-hydrogen) atoms. The Morgan fingerprint density at radius 1 is 1.50 bits per heavy atom. The van der Waals surface area contributed by atoms with Crippen LogP contribution in [-0.4, -0.2) is 16.1 Å². The Balaban J connectivity index is 1.59. The van der Waals surface area contributed by atoms with Crippen LogP contribution in [0.5, 0.6) is 0 Å². The van der Waals surface area contributed by atoms with Gasteiger partial charge in [0.05, 0.1) is 6.33 Å². The molecule has 2 rings (SSSR count). The van der Waals surface area contributed by atoms with E-state index in [1.54, 1.807) is 11.3 Å². The lowest BCUT2D eigenvalue weighted by Crippen LogP contribution is -2.15. The number of hydrogen-bond donors (Lipinski definition) is 1. The van der Waals surface area contributed by atoms with Gasteiger partial charge in [0, 0.05) is 40.2 Å². The minimum atomic E-state index is 0.959. The molecule has 0 aliphatic heterocycles. The molecule has 0 aliphatic rings. The zero-order valence-corrected chi connectivity index (χ0v) is 11.3. The van der Waals surface area contributed by atoms with E-state index in [9.17, 15) is 0 Å². The Hall–Kier alpha value is -0.650. The molecule has 0 radical (unpaired) electrons. The van der Waals surface area contributed by atoms with E-state index in [-0.39, 0.29) is 0 Å². The summed E-state index contributed by atoms with van der Waals surface area (Å²) in [5.74, 6) is 0. The van der Waals surface area contributed by atoms with E-state index in [0.717, 1.165) is 26.1 Å². The summed E-state index contributed by atoms with van der Waals surface area (Å²) >= 11 is 5.23. The maximum absolute atomic E-state index is 4.01. The fourth-order valence-electron chi connectivity index (χ4n) is 1.46. The second kappa shape index (κ2) is 6.18. The summed E-state index contributed by atoms with van der Waals surface area (Å²) in [6.45, 7) is 3.02. The second-order valence-corrected chi connectivity index (χ2v) is 5.47. The summed E-state index contributed by atoms with van der Waals surface area (Å²) in [4.78, 5) is 5.38. The molecule has 0 saturated carbocycles. The molecule has 2 aromatic rings. The SMILES string of the molecule is Brc1csc(CNCCCn2ccnc2)c1. The van der Waals surface area contributed by atoms with Crippen molar-refractivity contribution in [2.45, 2.75) is 19.5 Å². The van der Waals surface area contributed by atoms with Gasteiger partial charge in [-0.1, -0.05) is 0 Å². The highest BCUT2D eigenvalue weighted by atomic mass is 79.9. The lowest BCUT2D eigenvalue weighted by molar-refractivity contribution is 0.583. The predicted molar refractivity (Wildman–Crippen MR) is 70.6 cm³/mol. The number of rotatable bonds is 6. The molecule has 2 heterocycles. The van der Waals surface area contributed by atoms with Crippen LogP contribution in [-0.2, 0) is 13.1 Å². The van der Waals surface area contributed by atoms with Gasteiger partial charge in [0.15, 0.2) is 0 Å². The van der Waals surface area contributed by atoms with Crippen molar-refractivity contribution in [1.29, 1.82) is 0 Å². The van der Waals surface area contributed by atoms with E-state index in [1.807, 2.05) is 18.7 Å². The smallest absolute Gasteiger partial charge is 0.0945 e. The van der Waals surface area contributed by atoms with Crippen LogP contribution >= 0.6 is 27.3 Å². The average molecular weight is 300 g/mol. The third-order valence-electron chi connectivity index (χ3n) is 2.25. The van der Waals surface area contributed by atoms with Crippen LogP contribution in [0.2, 0.25) is 0 Å². The summed E-state index contributed by atoms with van der Waals surface area (Å²) in [7, 11) is 0. The molecule has 0 atom stereocenters. The monoisotopic (exact) mass is 299 g/mol. The highest BCUT2D eigenvalue weighted by molar-refractivity contribution is 9.10. The number of nitrogens with one attached hydrogen (secondary N) is 1. The standard InChI is InChI=1S/C11H14BrN3S/c12-10-6-11(16-8-10)7-13-2-1-4-15-5-3-14-9-15/h3,5-6,8-9,13H,1-2,4,7H2. The highest BCUT2D eigenvalue weighted by Gasteiger charge is 1.96. The molecule has 0 spiro atoms. The van der Waals surface area contributed by atoms with Gasteiger partial charge in [0.2, 0.25) is 0 Å². The van der Waals surface area contributed by atoms with Crippen LogP contribution in [0, 0.1) is 0 Å². The second-order valence-electron chi connectivity index (χ2n) is 3.56. The first kappa shape index (κ1) is 11.8. The van der Waals surface area contributed by atoms with Crippen molar-refractivity contribution in [2.75, 3.05) is 6.54 Å². The first-order valence-corrected chi connectivity index (χ1v) is 6.91. The lowest BCUT2D eigenvalue weighted by Gasteiger charge is -2.03. The normalized spacial score (nSPS) is 10.8. The molecule has 3 nitrogen and oxygen atoms in total. The summed E-state index contributed by atoms with van der Waals surface area (Å²) in [5.41, 5.74) is 0. The van der Waals surface area contributed by atoms with E-state index in [4.69, 9.17) is 0 Å². The molecule has 1 N–H and O–H groups in total. The minimum absolute atomic E-state index is 0.959. The molecule has 2 aromatic heterocycles. The number of nitrogens with zero attached hydrogens (tertiary/aromatic N) is 2. The van der Waals surface area contributed by atoms with Gasteiger partial charge in [-0.2, -0.15) is 0 Å². The number of thiophene rings is 1. The van der Waals surface area contributed by atoms with Crippen molar-refractivity contribution in [3.63, 3.8) is 0 Å². The van der Waals surface area contributed by atoms with E-state index >= 15 is 0 Å². The van der Waals surface area contributed by atoms with Gasteiger partial charge < -0.3 is 9.88 Å². The molecule has 0 bridgehead atoms. The van der Waals surface area contributed by atoms with Crippen LogP contribution < -0.4 is 5.32 Å². The third kappa shape index (κ3) is 3.73. The van der Waals surface area contributed by atoms with Gasteiger partial charge >= 0.3 is 0 Å². The van der Waals surface area contributed by atoms with E-state index in [1.165, 1.54) is 9.35 Å². The molecule has 0 aromatic carbocycles. The predicted octanol–water partition coefficient (Wildman–Crippen LogP) is 2.89. The van der Waals surface area contributed by atoms with Gasteiger partial charge in [0.1, 0.15) is 0 Å². The topological polar surface area (TPSA) is 29.9 Å². The third-order valence-corrected chi connectivity index (χ3v) is 3.95. The van der Waals surface area contributed by atoms with Crippen molar-refractivity contribution in [2.24, 2.45) is 0 Å². The van der Waals surface area contributed by atoms with Crippen molar-refractivity contribution < 1.29 is 0 Å². The molecule has 0 amide bonds. The van der Waals surface area contributed by atoms with Crippen LogP contribution in [0.1, 0.15) is 11.3 Å². The molecule has 0 fully saturated rings. The lowest BCUT2D eigenvalue weighted by atomic mass is 10.4. The minimum Gasteiger partial charge on any atom is -0.337 e. The van der Waals surface area contributed by atoms with Crippen molar-refractivity contribution in [3.05, 3.63) is 39.5 Å². The molecule has 0 saturated heterocycles. The Kier molecular flexibility index (Phi) is 4.56. The van der Waals surface area contributed by atoms with E-state index in [0.29, 0.717) is 0 Å². The maximum atomic E-state index is 4.01. The van der Waals surface area contributed by atoms with Gasteiger partial charge in [-0.05, 0) is 35.0 Å². The Labute approximate surface area is 108 Å². The number of aryl methyl sites for hydroxylation is 1. The number of halogens is 1. The van der Waals surface area contributed by atoms with Crippen LogP contribution in [0.3, 0.4) is 0 Å². The summed E-state index contributed by atoms with van der Waals surface area (Å²) in [6, 6.07) is 2.16. The summed E-state index contributed by atoms with van der Waals surface area (Å²) < 4.78 is 3.27. The molecule has 0 unspecified atom stereocenters. The Morgan fingerprint density at radius 3 is 3.12 bits per heavy atom. The van der Waals surface area contributed by atoms with Gasteiger partial charge in [0.25, 0.3) is 0 Å². The largest absolute Gasteiger partial charge is 0.337 e. The van der Waals surface area contributed by atoms with E-state index < -0.39 is 0 Å². The van der Waals surface area contributed by atoms with Crippen LogP contribution in [0.25, 0.3) is 0 Å². The Morgan fingerprint density at radius 2 is 2.44 bits per heavy atom. The molecular weight excluding hydrogens is 286 g/mol. The highest BCUT2D eigenvalue weighted by Crippen LogP contribution is 2.19. The first-order chi connectivity index (χ1) is 7.84. The van der Waals surface area contributed by atoms with Crippen molar-refractivity contribution in [3.8, 4) is 0 Å². The summed E-state index contributed by atoms with van der Waals surface area (Å²) in [5, 5.41) is 5.55. The van der Waals surface area contributed by atoms with Gasteiger partial charge in [-0.25, -0.2) is 4.98 Å². The van der Waals surface area contributed by atoms with Gasteiger partial charge in [-0.3, -0.25) is 0 Å². The quantitative estimate of drug-likeness (QED) is 0.831.